The first kappa shape index (κ1) is 29.8. The number of ether oxygens (including phenoxy) is 2. The molecule has 0 bridgehead atoms. The molecule has 2 aromatic heterocycles. The molecule has 3 atom stereocenters. The van der Waals surface area contributed by atoms with Crippen molar-refractivity contribution in [2.75, 3.05) is 26.1 Å². The highest BCUT2D eigenvalue weighted by Crippen LogP contribution is 2.40. The van der Waals surface area contributed by atoms with Crippen LogP contribution in [-0.2, 0) is 16.5 Å². The van der Waals surface area contributed by atoms with Crippen LogP contribution in [0.5, 0.6) is 0 Å². The number of aromatic nitrogens is 2. The number of aryl methyl sites for hydroxylation is 1. The Balaban J connectivity index is 1.48. The van der Waals surface area contributed by atoms with Crippen LogP contribution in [0, 0.1) is 12.8 Å². The monoisotopic (exact) mass is 582 g/mol. The molecule has 1 aliphatic rings. The van der Waals surface area contributed by atoms with E-state index >= 15 is 0 Å². The molecule has 1 saturated carbocycles. The molecule has 0 saturated heterocycles. The van der Waals surface area contributed by atoms with Crippen molar-refractivity contribution < 1.29 is 19.1 Å². The molecular formula is C34H38N4O5. The fourth-order valence-electron chi connectivity index (χ4n) is 6.15. The van der Waals surface area contributed by atoms with Gasteiger partial charge in [-0.25, -0.2) is 9.59 Å². The number of benzene rings is 2. The molecule has 2 heterocycles. The van der Waals surface area contributed by atoms with Crippen LogP contribution in [-0.4, -0.2) is 48.0 Å². The molecule has 1 fully saturated rings. The second-order valence-corrected chi connectivity index (χ2v) is 11.1. The van der Waals surface area contributed by atoms with Gasteiger partial charge in [0.2, 0.25) is 0 Å². The fraction of sp³-hybridized carbons (Fsp3) is 0.324. The van der Waals surface area contributed by atoms with Gasteiger partial charge in [0.1, 0.15) is 11.4 Å². The highest BCUT2D eigenvalue weighted by molar-refractivity contribution is 5.93. The highest BCUT2D eigenvalue weighted by Gasteiger charge is 2.36. The molecule has 1 aliphatic carbocycles. The second kappa shape index (κ2) is 13.1. The molecule has 9 nitrogen and oxygen atoms in total. The van der Waals surface area contributed by atoms with Gasteiger partial charge in [-0.15, -0.1) is 0 Å². The zero-order valence-corrected chi connectivity index (χ0v) is 25.0. The Morgan fingerprint density at radius 2 is 1.67 bits per heavy atom. The zero-order chi connectivity index (χ0) is 30.5. The molecule has 0 aliphatic heterocycles. The molecule has 9 heteroatoms. The number of carbonyl (C=O) groups is 2. The minimum absolute atomic E-state index is 0.0320. The van der Waals surface area contributed by atoms with Crippen molar-refractivity contribution in [3.63, 3.8) is 0 Å². The summed E-state index contributed by atoms with van der Waals surface area (Å²) in [5.41, 5.74) is 3.78. The average Bonchev–Trinajstić information content (AvgIpc) is 3.58. The van der Waals surface area contributed by atoms with Crippen LogP contribution in [0.15, 0.2) is 83.9 Å². The van der Waals surface area contributed by atoms with Gasteiger partial charge in [-0.1, -0.05) is 48.5 Å². The van der Waals surface area contributed by atoms with Crippen LogP contribution < -0.4 is 16.2 Å². The van der Waals surface area contributed by atoms with Gasteiger partial charge in [0.05, 0.1) is 7.11 Å². The highest BCUT2D eigenvalue weighted by atomic mass is 16.5. The fourth-order valence-corrected chi connectivity index (χ4v) is 6.15. The van der Waals surface area contributed by atoms with E-state index in [2.05, 4.69) is 22.8 Å². The number of urea groups is 1. The van der Waals surface area contributed by atoms with Crippen molar-refractivity contribution in [2.24, 2.45) is 13.0 Å². The lowest BCUT2D eigenvalue weighted by Gasteiger charge is -2.22. The number of hydrogen-bond donors (Lipinski definition) is 2. The number of rotatable bonds is 9. The number of carbonyl (C=O) groups excluding carboxylic acids is 2. The summed E-state index contributed by atoms with van der Waals surface area (Å²) in [4.78, 5) is 38.7. The quantitative estimate of drug-likeness (QED) is 0.248. The van der Waals surface area contributed by atoms with Gasteiger partial charge in [0, 0.05) is 61.9 Å². The van der Waals surface area contributed by atoms with Gasteiger partial charge >= 0.3 is 12.0 Å². The number of amides is 2. The van der Waals surface area contributed by atoms with E-state index in [0.29, 0.717) is 23.9 Å². The van der Waals surface area contributed by atoms with Crippen molar-refractivity contribution in [2.45, 2.75) is 38.1 Å². The lowest BCUT2D eigenvalue weighted by atomic mass is 9.93. The predicted molar refractivity (Wildman–Crippen MR) is 167 cm³/mol. The molecule has 2 N–H and O–H groups in total. The summed E-state index contributed by atoms with van der Waals surface area (Å²) in [5, 5.41) is 6.40. The number of esters is 1. The smallest absolute Gasteiger partial charge is 0.343 e. The number of nitrogens with zero attached hydrogens (tertiary/aromatic N) is 2. The van der Waals surface area contributed by atoms with Gasteiger partial charge in [0.25, 0.3) is 5.56 Å². The topological polar surface area (TPSA) is 104 Å². The van der Waals surface area contributed by atoms with Crippen LogP contribution >= 0.6 is 0 Å². The first-order valence-corrected chi connectivity index (χ1v) is 14.5. The van der Waals surface area contributed by atoms with Gasteiger partial charge < -0.3 is 23.9 Å². The average molecular weight is 583 g/mol. The Labute approximate surface area is 251 Å². The number of anilines is 1. The van der Waals surface area contributed by atoms with Crippen molar-refractivity contribution in [1.82, 2.24) is 14.5 Å². The molecule has 0 unspecified atom stereocenters. The predicted octanol–water partition coefficient (Wildman–Crippen LogP) is 5.66. The van der Waals surface area contributed by atoms with Gasteiger partial charge in [-0.05, 0) is 61.4 Å². The second-order valence-electron chi connectivity index (χ2n) is 11.1. The first-order chi connectivity index (χ1) is 20.8. The Kier molecular flexibility index (Phi) is 9.11. The van der Waals surface area contributed by atoms with Crippen molar-refractivity contribution in [3.05, 3.63) is 106 Å². The van der Waals surface area contributed by atoms with E-state index in [4.69, 9.17) is 9.47 Å². The summed E-state index contributed by atoms with van der Waals surface area (Å²) >= 11 is 0. The molecule has 2 amide bonds. The third kappa shape index (κ3) is 6.41. The van der Waals surface area contributed by atoms with Crippen molar-refractivity contribution in [1.29, 1.82) is 0 Å². The third-order valence-corrected chi connectivity index (χ3v) is 8.36. The molecular weight excluding hydrogens is 544 g/mol. The summed E-state index contributed by atoms with van der Waals surface area (Å²) in [6, 6.07) is 21.3. The maximum Gasteiger partial charge on any atom is 0.343 e. The summed E-state index contributed by atoms with van der Waals surface area (Å²) in [7, 11) is 4.56. The summed E-state index contributed by atoms with van der Waals surface area (Å²) in [6.07, 6.45) is 6.39. The van der Waals surface area contributed by atoms with E-state index in [9.17, 15) is 14.4 Å². The SMILES string of the molecule is COCC[C@@H]1C[C@@H](NC(=O)Nc2c(C)c(-c3cc(C(=O)OC)c(=O)n(C)c3)cn2-c2ccccc2)[C@H](c2ccccc2)C1. The number of nitrogens with one attached hydrogen (secondary N) is 2. The summed E-state index contributed by atoms with van der Waals surface area (Å²) in [6.45, 7) is 2.61. The lowest BCUT2D eigenvalue weighted by Crippen LogP contribution is -2.39. The van der Waals surface area contributed by atoms with Crippen LogP contribution in [0.25, 0.3) is 16.8 Å². The summed E-state index contributed by atoms with van der Waals surface area (Å²) < 4.78 is 13.5. The number of para-hydroxylation sites is 1. The molecule has 0 radical (unpaired) electrons. The molecule has 5 rings (SSSR count). The minimum Gasteiger partial charge on any atom is -0.465 e. The Morgan fingerprint density at radius 3 is 2.35 bits per heavy atom. The Morgan fingerprint density at radius 1 is 0.977 bits per heavy atom. The number of methoxy groups -OCH3 is 2. The third-order valence-electron chi connectivity index (χ3n) is 8.36. The largest absolute Gasteiger partial charge is 0.465 e. The molecule has 0 spiro atoms. The van der Waals surface area contributed by atoms with Gasteiger partial charge in [0.15, 0.2) is 0 Å². The van der Waals surface area contributed by atoms with Crippen molar-refractivity contribution in [3.8, 4) is 16.8 Å². The van der Waals surface area contributed by atoms with Crippen LogP contribution in [0.4, 0.5) is 10.6 Å². The summed E-state index contributed by atoms with van der Waals surface area (Å²) in [5.74, 6) is 0.547. The van der Waals surface area contributed by atoms with E-state index < -0.39 is 11.5 Å². The molecule has 4 aromatic rings. The van der Waals surface area contributed by atoms with Crippen LogP contribution in [0.3, 0.4) is 0 Å². The van der Waals surface area contributed by atoms with Crippen molar-refractivity contribution >= 4 is 17.8 Å². The molecule has 43 heavy (non-hydrogen) atoms. The van der Waals surface area contributed by atoms with Gasteiger partial charge in [-0.2, -0.15) is 0 Å². The van der Waals surface area contributed by atoms with Gasteiger partial charge in [-0.3, -0.25) is 10.1 Å². The normalized spacial score (nSPS) is 17.9. The van der Waals surface area contributed by atoms with E-state index in [-0.39, 0.29) is 23.6 Å². The van der Waals surface area contributed by atoms with Crippen LogP contribution in [0.1, 0.15) is 46.7 Å². The van der Waals surface area contributed by atoms with E-state index in [0.717, 1.165) is 36.1 Å². The first-order valence-electron chi connectivity index (χ1n) is 14.5. The Bertz CT molecular complexity index is 1640. The maximum atomic E-state index is 13.7. The Hall–Kier alpha value is -4.63. The molecule has 2 aromatic carbocycles. The standard InChI is InChI=1S/C34H38N4O5/c1-22-29(25-19-28(33(40)43-4)32(39)37(2)20-25)21-38(26-13-9-6-10-14-26)31(22)36-34(41)35-30-18-23(15-16-42-3)17-27(30)24-11-7-5-8-12-24/h5-14,19-21,23,27,30H,15-18H2,1-4H3,(H2,35,36,41)/t23-,27-,30+/m0/s1. The maximum absolute atomic E-state index is 13.7. The molecule has 224 valence electrons. The number of hydrogen-bond acceptors (Lipinski definition) is 5. The van der Waals surface area contributed by atoms with Crippen LogP contribution in [0.2, 0.25) is 0 Å². The minimum atomic E-state index is -0.700. The lowest BCUT2D eigenvalue weighted by molar-refractivity contribution is 0.0598. The van der Waals surface area contributed by atoms with E-state index in [1.807, 2.05) is 66.2 Å². The van der Waals surface area contributed by atoms with E-state index in [1.54, 1.807) is 26.4 Å². The van der Waals surface area contributed by atoms with E-state index in [1.165, 1.54) is 17.2 Å². The zero-order valence-electron chi connectivity index (χ0n) is 25.0. The number of pyridine rings is 1.